The molecule has 0 spiro atoms. The molecule has 5 nitrogen and oxygen atoms in total. The van der Waals surface area contributed by atoms with E-state index in [1.807, 2.05) is 12.1 Å². The Bertz CT molecular complexity index is 497. The number of benzene rings is 1. The highest BCUT2D eigenvalue weighted by Gasteiger charge is 2.22. The zero-order valence-corrected chi connectivity index (χ0v) is 12.9. The Hall–Kier alpha value is -1.01. The lowest BCUT2D eigenvalue weighted by atomic mass is 10.1. The van der Waals surface area contributed by atoms with E-state index in [9.17, 15) is 0 Å². The van der Waals surface area contributed by atoms with Crippen LogP contribution in [0.25, 0.3) is 0 Å². The maximum Gasteiger partial charge on any atom is 0.231 e. The molecule has 1 saturated heterocycles. The van der Waals surface area contributed by atoms with Crippen LogP contribution in [0.4, 0.5) is 0 Å². The van der Waals surface area contributed by atoms with Gasteiger partial charge in [0.05, 0.1) is 12.7 Å². The smallest absolute Gasteiger partial charge is 0.231 e. The molecule has 1 atom stereocenters. The van der Waals surface area contributed by atoms with E-state index < -0.39 is 0 Å². The molecule has 2 aliphatic heterocycles. The lowest BCUT2D eigenvalue weighted by molar-refractivity contribution is -0.0432. The fourth-order valence-corrected chi connectivity index (χ4v) is 2.88. The minimum absolute atomic E-state index is 0.228. The number of halogens is 1. The molecule has 0 bridgehead atoms. The third-order valence-electron chi connectivity index (χ3n) is 3.80. The minimum Gasteiger partial charge on any atom is -0.454 e. The number of morpholine rings is 1. The third kappa shape index (κ3) is 3.61. The molecule has 1 aromatic carbocycles. The Labute approximate surface area is 129 Å². The summed E-state index contributed by atoms with van der Waals surface area (Å²) in [5.41, 5.74) is 1.06. The summed E-state index contributed by atoms with van der Waals surface area (Å²) in [6.45, 7) is 4.34. The predicted molar refractivity (Wildman–Crippen MR) is 79.1 cm³/mol. The molecule has 2 aliphatic rings. The van der Waals surface area contributed by atoms with Crippen molar-refractivity contribution < 1.29 is 18.9 Å². The molecule has 0 amide bonds. The fourth-order valence-electron chi connectivity index (χ4n) is 2.67. The first-order valence-corrected chi connectivity index (χ1v) is 7.55. The molecule has 116 valence electrons. The highest BCUT2D eigenvalue weighted by Crippen LogP contribution is 2.37. The van der Waals surface area contributed by atoms with Gasteiger partial charge in [-0.1, -0.05) is 11.6 Å². The molecule has 0 radical (unpaired) electrons. The molecule has 0 aromatic heterocycles. The van der Waals surface area contributed by atoms with E-state index in [0.717, 1.165) is 61.4 Å². The van der Waals surface area contributed by atoms with Crippen molar-refractivity contribution >= 4 is 11.6 Å². The maximum absolute atomic E-state index is 6.33. The van der Waals surface area contributed by atoms with Crippen LogP contribution in [0.1, 0.15) is 12.0 Å². The van der Waals surface area contributed by atoms with Crippen molar-refractivity contribution in [3.8, 4) is 11.5 Å². The number of fused-ring (bicyclic) bond motifs is 1. The molecule has 0 N–H and O–H groups in total. The van der Waals surface area contributed by atoms with E-state index in [2.05, 4.69) is 4.90 Å². The molecule has 3 rings (SSSR count). The number of hydrogen-bond acceptors (Lipinski definition) is 5. The van der Waals surface area contributed by atoms with Gasteiger partial charge in [0.1, 0.15) is 0 Å². The number of ether oxygens (including phenoxy) is 4. The Balaban J connectivity index is 1.63. The summed E-state index contributed by atoms with van der Waals surface area (Å²) in [4.78, 5) is 2.35. The van der Waals surface area contributed by atoms with Gasteiger partial charge in [-0.2, -0.15) is 0 Å². The van der Waals surface area contributed by atoms with Gasteiger partial charge in [-0.25, -0.2) is 0 Å². The van der Waals surface area contributed by atoms with Gasteiger partial charge in [0, 0.05) is 44.4 Å². The van der Waals surface area contributed by atoms with Crippen molar-refractivity contribution in [2.24, 2.45) is 0 Å². The Morgan fingerprint density at radius 1 is 1.33 bits per heavy atom. The van der Waals surface area contributed by atoms with Crippen molar-refractivity contribution in [3.63, 3.8) is 0 Å². The van der Waals surface area contributed by atoms with E-state index in [4.69, 9.17) is 30.5 Å². The van der Waals surface area contributed by atoms with Crippen LogP contribution < -0.4 is 9.47 Å². The number of hydrogen-bond donors (Lipinski definition) is 0. The van der Waals surface area contributed by atoms with Gasteiger partial charge >= 0.3 is 0 Å². The van der Waals surface area contributed by atoms with Gasteiger partial charge in [-0.3, -0.25) is 4.90 Å². The lowest BCUT2D eigenvalue weighted by Crippen LogP contribution is -2.42. The molecule has 1 aromatic rings. The molecule has 2 heterocycles. The Morgan fingerprint density at radius 2 is 2.14 bits per heavy atom. The van der Waals surface area contributed by atoms with Crippen LogP contribution in [-0.2, 0) is 16.0 Å². The average Bonchev–Trinajstić information content (AvgIpc) is 2.93. The number of rotatable bonds is 5. The van der Waals surface area contributed by atoms with Crippen LogP contribution in [0.2, 0.25) is 5.02 Å². The monoisotopic (exact) mass is 313 g/mol. The topological polar surface area (TPSA) is 40.2 Å². The van der Waals surface area contributed by atoms with Gasteiger partial charge in [-0.05, 0) is 18.1 Å². The van der Waals surface area contributed by atoms with E-state index >= 15 is 0 Å². The first-order valence-electron chi connectivity index (χ1n) is 7.17. The van der Waals surface area contributed by atoms with Crippen molar-refractivity contribution in [2.45, 2.75) is 19.1 Å². The largest absolute Gasteiger partial charge is 0.454 e. The van der Waals surface area contributed by atoms with Crippen LogP contribution in [0, 0.1) is 0 Å². The van der Waals surface area contributed by atoms with Crippen LogP contribution in [-0.4, -0.2) is 51.2 Å². The normalized spacial score (nSPS) is 21.7. The van der Waals surface area contributed by atoms with Crippen molar-refractivity contribution in [1.29, 1.82) is 0 Å². The fraction of sp³-hybridized carbons (Fsp3) is 0.600. The maximum atomic E-state index is 6.33. The molecule has 0 unspecified atom stereocenters. The van der Waals surface area contributed by atoms with Crippen LogP contribution in [0.3, 0.4) is 0 Å². The summed E-state index contributed by atoms with van der Waals surface area (Å²) in [6.07, 6.45) is 1.15. The molecular formula is C15H20ClNO4. The Morgan fingerprint density at radius 3 is 2.95 bits per heavy atom. The van der Waals surface area contributed by atoms with Crippen molar-refractivity contribution in [1.82, 2.24) is 4.90 Å². The molecule has 21 heavy (non-hydrogen) atoms. The number of nitrogens with zero attached hydrogens (tertiary/aromatic N) is 1. The first-order chi connectivity index (χ1) is 10.3. The summed E-state index contributed by atoms with van der Waals surface area (Å²) in [6, 6.07) is 3.81. The summed E-state index contributed by atoms with van der Waals surface area (Å²) >= 11 is 6.33. The zero-order chi connectivity index (χ0) is 14.7. The SMILES string of the molecule is COCC[C@H]1CN(Cc2cc3c(cc2Cl)OCO3)CCO1. The van der Waals surface area contributed by atoms with Gasteiger partial charge in [0.25, 0.3) is 0 Å². The summed E-state index contributed by atoms with van der Waals surface area (Å²) in [7, 11) is 1.72. The molecule has 0 saturated carbocycles. The van der Waals surface area contributed by atoms with Gasteiger partial charge in [0.2, 0.25) is 6.79 Å². The number of methoxy groups -OCH3 is 1. The summed E-state index contributed by atoms with van der Waals surface area (Å²) in [5, 5.41) is 0.721. The second kappa shape index (κ2) is 6.83. The second-order valence-electron chi connectivity index (χ2n) is 5.31. The standard InChI is InChI=1S/C15H20ClNO4/c1-18-4-2-12-9-17(3-5-19-12)8-11-6-14-15(7-13(11)16)21-10-20-14/h6-7,12H,2-5,8-10H2,1H3/t12-/m0/s1. The predicted octanol–water partition coefficient (Wildman–Crippen LogP) is 2.31. The Kier molecular flexibility index (Phi) is 4.85. The second-order valence-corrected chi connectivity index (χ2v) is 5.71. The summed E-state index contributed by atoms with van der Waals surface area (Å²) in [5.74, 6) is 1.50. The minimum atomic E-state index is 0.228. The van der Waals surface area contributed by atoms with E-state index in [0.29, 0.717) is 0 Å². The third-order valence-corrected chi connectivity index (χ3v) is 4.15. The van der Waals surface area contributed by atoms with Crippen LogP contribution in [0.15, 0.2) is 12.1 Å². The summed E-state index contributed by atoms with van der Waals surface area (Å²) < 4.78 is 21.6. The highest BCUT2D eigenvalue weighted by atomic mass is 35.5. The molecule has 0 aliphatic carbocycles. The van der Waals surface area contributed by atoms with Crippen LogP contribution >= 0.6 is 11.6 Å². The van der Waals surface area contributed by atoms with Gasteiger partial charge in [0.15, 0.2) is 11.5 Å². The van der Waals surface area contributed by atoms with E-state index in [-0.39, 0.29) is 12.9 Å². The van der Waals surface area contributed by atoms with Gasteiger partial charge < -0.3 is 18.9 Å². The van der Waals surface area contributed by atoms with E-state index in [1.54, 1.807) is 7.11 Å². The van der Waals surface area contributed by atoms with Crippen molar-refractivity contribution in [2.75, 3.05) is 40.2 Å². The first kappa shape index (κ1) is 14.9. The molecule has 1 fully saturated rings. The molecular weight excluding hydrogens is 294 g/mol. The molecule has 6 heteroatoms. The van der Waals surface area contributed by atoms with E-state index in [1.165, 1.54) is 0 Å². The lowest BCUT2D eigenvalue weighted by Gasteiger charge is -2.33. The van der Waals surface area contributed by atoms with Crippen LogP contribution in [0.5, 0.6) is 11.5 Å². The highest BCUT2D eigenvalue weighted by molar-refractivity contribution is 6.31. The average molecular weight is 314 g/mol. The quantitative estimate of drug-likeness (QED) is 0.834. The zero-order valence-electron chi connectivity index (χ0n) is 12.1. The van der Waals surface area contributed by atoms with Crippen molar-refractivity contribution in [3.05, 3.63) is 22.7 Å². The van der Waals surface area contributed by atoms with Gasteiger partial charge in [-0.15, -0.1) is 0 Å².